The van der Waals surface area contributed by atoms with Crippen LogP contribution in [0.2, 0.25) is 5.02 Å². The van der Waals surface area contributed by atoms with E-state index in [0.717, 1.165) is 0 Å². The minimum absolute atomic E-state index is 0.0465. The van der Waals surface area contributed by atoms with Gasteiger partial charge in [0.1, 0.15) is 0 Å². The number of non-ortho nitro benzene ring substituents is 1. The van der Waals surface area contributed by atoms with Gasteiger partial charge >= 0.3 is 0 Å². The topological polar surface area (TPSA) is 95.8 Å². The number of amides is 2. The number of rotatable bonds is 7. The summed E-state index contributed by atoms with van der Waals surface area (Å²) in [7, 11) is 5.02. The molecule has 0 unspecified atom stereocenters. The van der Waals surface area contributed by atoms with Crippen molar-refractivity contribution in [2.24, 2.45) is 0 Å². The summed E-state index contributed by atoms with van der Waals surface area (Å²) in [6, 6.07) is 10.9. The number of nitro groups is 1. The molecule has 0 spiro atoms. The minimum Gasteiger partial charge on any atom is -0.345 e. The summed E-state index contributed by atoms with van der Waals surface area (Å²) in [5.41, 5.74) is 1.49. The molecule has 0 aromatic heterocycles. The van der Waals surface area contributed by atoms with E-state index >= 15 is 0 Å². The maximum atomic E-state index is 12.3. The lowest BCUT2D eigenvalue weighted by atomic mass is 10.1. The van der Waals surface area contributed by atoms with E-state index < -0.39 is 4.92 Å². The zero-order valence-electron chi connectivity index (χ0n) is 15.8. The van der Waals surface area contributed by atoms with Crippen LogP contribution in [0.4, 0.5) is 11.4 Å². The van der Waals surface area contributed by atoms with E-state index in [9.17, 15) is 19.7 Å². The van der Waals surface area contributed by atoms with Crippen LogP contribution in [-0.2, 0) is 11.3 Å². The molecule has 148 valence electrons. The highest BCUT2D eigenvalue weighted by Crippen LogP contribution is 2.23. The molecular formula is C19H21ClN4O4. The van der Waals surface area contributed by atoms with Gasteiger partial charge in [-0.05, 0) is 36.9 Å². The number of nitro benzene ring substituents is 1. The van der Waals surface area contributed by atoms with Gasteiger partial charge in [0.2, 0.25) is 5.91 Å². The Hall–Kier alpha value is -2.97. The van der Waals surface area contributed by atoms with Crippen molar-refractivity contribution in [2.45, 2.75) is 6.54 Å². The summed E-state index contributed by atoms with van der Waals surface area (Å²) in [4.78, 5) is 37.9. The van der Waals surface area contributed by atoms with Crippen molar-refractivity contribution in [3.05, 3.63) is 68.7 Å². The van der Waals surface area contributed by atoms with Gasteiger partial charge in [-0.2, -0.15) is 0 Å². The number of benzene rings is 2. The molecule has 0 saturated heterocycles. The van der Waals surface area contributed by atoms with E-state index in [-0.39, 0.29) is 30.6 Å². The second kappa shape index (κ2) is 9.29. The number of likely N-dealkylation sites (N-methyl/N-ethyl adjacent to an activating group) is 1. The van der Waals surface area contributed by atoms with E-state index in [1.54, 1.807) is 50.3 Å². The summed E-state index contributed by atoms with van der Waals surface area (Å²) in [5.74, 6) is -0.438. The first-order chi connectivity index (χ1) is 13.2. The van der Waals surface area contributed by atoms with Crippen molar-refractivity contribution in [1.82, 2.24) is 9.80 Å². The van der Waals surface area contributed by atoms with Crippen LogP contribution >= 0.6 is 11.6 Å². The Balaban J connectivity index is 2.00. The molecule has 28 heavy (non-hydrogen) atoms. The smallest absolute Gasteiger partial charge is 0.269 e. The van der Waals surface area contributed by atoms with Gasteiger partial charge in [-0.3, -0.25) is 24.6 Å². The molecule has 2 aromatic carbocycles. The molecule has 0 saturated carbocycles. The normalized spacial score (nSPS) is 10.6. The summed E-state index contributed by atoms with van der Waals surface area (Å²) < 4.78 is 0. The molecular weight excluding hydrogens is 384 g/mol. The highest BCUT2D eigenvalue weighted by Gasteiger charge is 2.14. The Morgan fingerprint density at radius 2 is 1.86 bits per heavy atom. The molecule has 0 aliphatic heterocycles. The largest absolute Gasteiger partial charge is 0.345 e. The van der Waals surface area contributed by atoms with Crippen molar-refractivity contribution in [1.29, 1.82) is 0 Å². The number of hydrogen-bond acceptors (Lipinski definition) is 5. The van der Waals surface area contributed by atoms with Gasteiger partial charge in [0.05, 0.1) is 11.5 Å². The molecule has 1 N–H and O–H groups in total. The lowest BCUT2D eigenvalue weighted by molar-refractivity contribution is -0.384. The van der Waals surface area contributed by atoms with Crippen LogP contribution in [-0.4, -0.2) is 54.2 Å². The SMILES string of the molecule is CN(CC(=O)Nc1cccc(C(=O)N(C)C)c1)Cc1cc([N+](=O)[O-])ccc1Cl. The third kappa shape index (κ3) is 5.77. The van der Waals surface area contributed by atoms with Crippen molar-refractivity contribution < 1.29 is 14.5 Å². The second-order valence-corrected chi connectivity index (χ2v) is 6.94. The molecule has 0 aliphatic carbocycles. The van der Waals surface area contributed by atoms with Crippen molar-refractivity contribution in [2.75, 3.05) is 33.0 Å². The molecule has 0 bridgehead atoms. The standard InChI is InChI=1S/C19H21ClN4O4/c1-22(2)19(26)13-5-4-6-15(9-13)21-18(25)12-23(3)11-14-10-16(24(27)28)7-8-17(14)20/h4-10H,11-12H2,1-3H3,(H,21,25). The predicted molar refractivity (Wildman–Crippen MR) is 108 cm³/mol. The predicted octanol–water partition coefficient (Wildman–Crippen LogP) is 3.02. The third-order valence-corrected chi connectivity index (χ3v) is 4.26. The molecule has 0 heterocycles. The molecule has 0 atom stereocenters. The van der Waals surface area contributed by atoms with Gasteiger partial charge in [0.25, 0.3) is 11.6 Å². The van der Waals surface area contributed by atoms with Crippen molar-refractivity contribution >= 4 is 34.8 Å². The van der Waals surface area contributed by atoms with Crippen LogP contribution in [0, 0.1) is 10.1 Å². The first kappa shape index (κ1) is 21.3. The first-order valence-corrected chi connectivity index (χ1v) is 8.78. The summed E-state index contributed by atoms with van der Waals surface area (Å²) in [6.45, 7) is 0.317. The van der Waals surface area contributed by atoms with E-state index in [0.29, 0.717) is 21.8 Å². The maximum absolute atomic E-state index is 12.3. The number of carbonyl (C=O) groups is 2. The highest BCUT2D eigenvalue weighted by atomic mass is 35.5. The summed E-state index contributed by atoms with van der Waals surface area (Å²) >= 11 is 6.10. The lowest BCUT2D eigenvalue weighted by Gasteiger charge is -2.17. The minimum atomic E-state index is -0.492. The zero-order valence-corrected chi connectivity index (χ0v) is 16.6. The summed E-state index contributed by atoms with van der Waals surface area (Å²) in [6.07, 6.45) is 0. The second-order valence-electron chi connectivity index (χ2n) is 6.53. The number of carbonyl (C=O) groups excluding carboxylic acids is 2. The number of nitrogens with one attached hydrogen (secondary N) is 1. The van der Waals surface area contributed by atoms with Crippen LogP contribution in [0.5, 0.6) is 0 Å². The molecule has 2 amide bonds. The molecule has 2 rings (SSSR count). The number of hydrogen-bond donors (Lipinski definition) is 1. The fraction of sp³-hybridized carbons (Fsp3) is 0.263. The van der Waals surface area contributed by atoms with Crippen LogP contribution < -0.4 is 5.32 Å². The summed E-state index contributed by atoms with van der Waals surface area (Å²) in [5, 5.41) is 14.0. The van der Waals surface area contributed by atoms with Crippen LogP contribution in [0.25, 0.3) is 0 Å². The number of halogens is 1. The molecule has 9 heteroatoms. The first-order valence-electron chi connectivity index (χ1n) is 8.40. The monoisotopic (exact) mass is 404 g/mol. The van der Waals surface area contributed by atoms with Gasteiger partial charge < -0.3 is 10.2 Å². The van der Waals surface area contributed by atoms with Crippen LogP contribution in [0.1, 0.15) is 15.9 Å². The molecule has 0 radical (unpaired) electrons. The Bertz CT molecular complexity index is 901. The lowest BCUT2D eigenvalue weighted by Crippen LogP contribution is -2.30. The van der Waals surface area contributed by atoms with E-state index in [2.05, 4.69) is 5.32 Å². The Kier molecular flexibility index (Phi) is 7.08. The van der Waals surface area contributed by atoms with Gasteiger partial charge in [-0.1, -0.05) is 17.7 Å². The van der Waals surface area contributed by atoms with Gasteiger partial charge in [0.15, 0.2) is 0 Å². The highest BCUT2D eigenvalue weighted by molar-refractivity contribution is 6.31. The van der Waals surface area contributed by atoms with E-state index in [1.807, 2.05) is 0 Å². The fourth-order valence-corrected chi connectivity index (χ4v) is 2.75. The Morgan fingerprint density at radius 1 is 1.14 bits per heavy atom. The van der Waals surface area contributed by atoms with Crippen LogP contribution in [0.15, 0.2) is 42.5 Å². The van der Waals surface area contributed by atoms with Gasteiger partial charge in [0, 0.05) is 49.0 Å². The Morgan fingerprint density at radius 3 is 2.50 bits per heavy atom. The van der Waals surface area contributed by atoms with Gasteiger partial charge in [-0.25, -0.2) is 0 Å². The third-order valence-electron chi connectivity index (χ3n) is 3.89. The fourth-order valence-electron chi connectivity index (χ4n) is 2.58. The molecule has 0 aliphatic rings. The number of nitrogens with zero attached hydrogens (tertiary/aromatic N) is 3. The average molecular weight is 405 g/mol. The van der Waals surface area contributed by atoms with Crippen molar-refractivity contribution in [3.63, 3.8) is 0 Å². The molecule has 0 fully saturated rings. The quantitative estimate of drug-likeness (QED) is 0.565. The zero-order chi connectivity index (χ0) is 20.8. The van der Waals surface area contributed by atoms with E-state index in [1.165, 1.54) is 23.1 Å². The van der Waals surface area contributed by atoms with Crippen LogP contribution in [0.3, 0.4) is 0 Å². The maximum Gasteiger partial charge on any atom is 0.269 e. The molecule has 2 aromatic rings. The Labute approximate surface area is 167 Å². The number of anilines is 1. The average Bonchev–Trinajstić information content (AvgIpc) is 2.62. The van der Waals surface area contributed by atoms with Gasteiger partial charge in [-0.15, -0.1) is 0 Å². The van der Waals surface area contributed by atoms with E-state index in [4.69, 9.17) is 11.6 Å². The van der Waals surface area contributed by atoms with Crippen molar-refractivity contribution in [3.8, 4) is 0 Å². The molecule has 8 nitrogen and oxygen atoms in total.